The van der Waals surface area contributed by atoms with E-state index in [1.165, 1.54) is 44.9 Å². The van der Waals surface area contributed by atoms with E-state index in [4.69, 9.17) is 0 Å². The third kappa shape index (κ3) is 2.74. The molecule has 86 valence electrons. The third-order valence-electron chi connectivity index (χ3n) is 3.48. The smallest absolute Gasteiger partial charge is 0.00967 e. The molecule has 0 aromatic heterocycles. The molecule has 0 aliphatic heterocycles. The van der Waals surface area contributed by atoms with Crippen molar-refractivity contribution in [3.05, 3.63) is 22.3 Å². The van der Waals surface area contributed by atoms with Crippen molar-refractivity contribution < 1.29 is 0 Å². The maximum absolute atomic E-state index is 2.32. The van der Waals surface area contributed by atoms with Gasteiger partial charge in [0.25, 0.3) is 0 Å². The average Bonchev–Trinajstić information content (AvgIpc) is 2.57. The highest BCUT2D eigenvalue weighted by molar-refractivity contribution is 5.47. The lowest BCUT2D eigenvalue weighted by Crippen LogP contribution is -1.89. The Morgan fingerprint density at radius 3 is 1.87 bits per heavy atom. The van der Waals surface area contributed by atoms with Gasteiger partial charge in [-0.05, 0) is 43.3 Å². The minimum Gasteiger partial charge on any atom is -0.0651 e. The molecular formula is C15H26. The normalized spacial score (nSPS) is 16.8. The molecular weight excluding hydrogens is 180 g/mol. The fraction of sp³-hybridized carbons (Fsp3) is 0.733. The monoisotopic (exact) mass is 206 g/mol. The van der Waals surface area contributed by atoms with Crippen molar-refractivity contribution in [1.29, 1.82) is 0 Å². The second-order valence-corrected chi connectivity index (χ2v) is 4.55. The molecule has 0 fully saturated rings. The first-order chi connectivity index (χ1) is 7.28. The molecule has 0 N–H and O–H groups in total. The first-order valence-electron chi connectivity index (χ1n) is 6.70. The standard InChI is InChI=1S/C15H26/c1-5-9-13-11-12(7-3)15(10-6-2)14(13)8-4/h5-11H2,1-4H3. The highest BCUT2D eigenvalue weighted by atomic mass is 14.3. The molecule has 0 saturated carbocycles. The van der Waals surface area contributed by atoms with Crippen molar-refractivity contribution in [2.75, 3.05) is 0 Å². The van der Waals surface area contributed by atoms with E-state index in [1.54, 1.807) is 22.3 Å². The van der Waals surface area contributed by atoms with Crippen molar-refractivity contribution in [1.82, 2.24) is 0 Å². The molecule has 0 heteroatoms. The third-order valence-corrected chi connectivity index (χ3v) is 3.48. The zero-order valence-electron chi connectivity index (χ0n) is 10.9. The van der Waals surface area contributed by atoms with Gasteiger partial charge in [-0.2, -0.15) is 0 Å². The second kappa shape index (κ2) is 6.15. The molecule has 0 bridgehead atoms. The molecule has 0 atom stereocenters. The molecule has 1 aliphatic rings. The van der Waals surface area contributed by atoms with Gasteiger partial charge < -0.3 is 0 Å². The highest BCUT2D eigenvalue weighted by Gasteiger charge is 2.20. The van der Waals surface area contributed by atoms with Crippen LogP contribution in [0.3, 0.4) is 0 Å². The van der Waals surface area contributed by atoms with E-state index in [9.17, 15) is 0 Å². The summed E-state index contributed by atoms with van der Waals surface area (Å²) >= 11 is 0. The Bertz CT molecular complexity index is 266. The predicted molar refractivity (Wildman–Crippen MR) is 69.1 cm³/mol. The minimum absolute atomic E-state index is 1.24. The Morgan fingerprint density at radius 2 is 1.40 bits per heavy atom. The van der Waals surface area contributed by atoms with Crippen molar-refractivity contribution >= 4 is 0 Å². The van der Waals surface area contributed by atoms with Crippen LogP contribution in [0.4, 0.5) is 0 Å². The van der Waals surface area contributed by atoms with Crippen LogP contribution in [0.15, 0.2) is 22.3 Å². The summed E-state index contributed by atoms with van der Waals surface area (Å²) < 4.78 is 0. The lowest BCUT2D eigenvalue weighted by atomic mass is 9.97. The minimum atomic E-state index is 1.24. The summed E-state index contributed by atoms with van der Waals surface area (Å²) in [6, 6.07) is 0. The van der Waals surface area contributed by atoms with Gasteiger partial charge in [0.2, 0.25) is 0 Å². The van der Waals surface area contributed by atoms with Crippen molar-refractivity contribution in [2.24, 2.45) is 0 Å². The Labute approximate surface area is 95.5 Å². The van der Waals surface area contributed by atoms with E-state index in [1.807, 2.05) is 0 Å². The maximum atomic E-state index is 2.32. The molecule has 15 heavy (non-hydrogen) atoms. The first-order valence-corrected chi connectivity index (χ1v) is 6.70. The molecule has 0 radical (unpaired) electrons. The van der Waals surface area contributed by atoms with Crippen LogP contribution >= 0.6 is 0 Å². The maximum Gasteiger partial charge on any atom is -0.00967 e. The van der Waals surface area contributed by atoms with Gasteiger partial charge in [-0.3, -0.25) is 0 Å². The van der Waals surface area contributed by atoms with E-state index in [-0.39, 0.29) is 0 Å². The van der Waals surface area contributed by atoms with Crippen LogP contribution in [0, 0.1) is 0 Å². The molecule has 0 nitrogen and oxygen atoms in total. The molecule has 0 aromatic rings. The molecule has 0 spiro atoms. The number of rotatable bonds is 6. The summed E-state index contributed by atoms with van der Waals surface area (Å²) in [4.78, 5) is 0. The molecule has 0 unspecified atom stereocenters. The Hall–Kier alpha value is -0.520. The second-order valence-electron chi connectivity index (χ2n) is 4.55. The average molecular weight is 206 g/mol. The number of hydrogen-bond acceptors (Lipinski definition) is 0. The zero-order valence-corrected chi connectivity index (χ0v) is 10.9. The predicted octanol–water partition coefficient (Wildman–Crippen LogP) is 5.40. The molecule has 0 aromatic carbocycles. The zero-order chi connectivity index (χ0) is 11.3. The van der Waals surface area contributed by atoms with Gasteiger partial charge in [0.1, 0.15) is 0 Å². The lowest BCUT2D eigenvalue weighted by Gasteiger charge is -2.09. The highest BCUT2D eigenvalue weighted by Crippen LogP contribution is 2.39. The van der Waals surface area contributed by atoms with Gasteiger partial charge in [0.15, 0.2) is 0 Å². The quantitative estimate of drug-likeness (QED) is 0.545. The summed E-state index contributed by atoms with van der Waals surface area (Å²) in [5, 5.41) is 0. The van der Waals surface area contributed by atoms with Crippen LogP contribution in [0.5, 0.6) is 0 Å². The van der Waals surface area contributed by atoms with Gasteiger partial charge in [0, 0.05) is 0 Å². The van der Waals surface area contributed by atoms with E-state index < -0.39 is 0 Å². The SMILES string of the molecule is CCCC1=C(CC)C(CCC)=C(CC)C1. The molecule has 1 rings (SSSR count). The van der Waals surface area contributed by atoms with Crippen molar-refractivity contribution in [2.45, 2.75) is 72.6 Å². The summed E-state index contributed by atoms with van der Waals surface area (Å²) in [6.45, 7) is 9.22. The Balaban J connectivity index is 2.90. The van der Waals surface area contributed by atoms with Crippen LogP contribution in [0.1, 0.15) is 72.6 Å². The summed E-state index contributed by atoms with van der Waals surface area (Å²) in [5.41, 5.74) is 6.93. The number of allylic oxidation sites excluding steroid dienone is 4. The van der Waals surface area contributed by atoms with Crippen molar-refractivity contribution in [3.63, 3.8) is 0 Å². The first kappa shape index (κ1) is 12.5. The van der Waals surface area contributed by atoms with Gasteiger partial charge in [-0.15, -0.1) is 0 Å². The van der Waals surface area contributed by atoms with Crippen LogP contribution < -0.4 is 0 Å². The van der Waals surface area contributed by atoms with E-state index >= 15 is 0 Å². The van der Waals surface area contributed by atoms with Gasteiger partial charge in [-0.25, -0.2) is 0 Å². The summed E-state index contributed by atoms with van der Waals surface area (Å²) in [5.74, 6) is 0. The topological polar surface area (TPSA) is 0 Å². The van der Waals surface area contributed by atoms with Crippen LogP contribution in [-0.2, 0) is 0 Å². The van der Waals surface area contributed by atoms with Gasteiger partial charge in [0.05, 0.1) is 0 Å². The van der Waals surface area contributed by atoms with Gasteiger partial charge in [-0.1, -0.05) is 51.7 Å². The van der Waals surface area contributed by atoms with Gasteiger partial charge >= 0.3 is 0 Å². The fourth-order valence-corrected chi connectivity index (χ4v) is 2.82. The molecule has 0 amide bonds. The van der Waals surface area contributed by atoms with Crippen LogP contribution in [-0.4, -0.2) is 0 Å². The lowest BCUT2D eigenvalue weighted by molar-refractivity contribution is 0.851. The fourth-order valence-electron chi connectivity index (χ4n) is 2.82. The van der Waals surface area contributed by atoms with Crippen LogP contribution in [0.2, 0.25) is 0 Å². The Morgan fingerprint density at radius 1 is 0.733 bits per heavy atom. The van der Waals surface area contributed by atoms with E-state index in [0.717, 1.165) is 0 Å². The molecule has 0 heterocycles. The largest absolute Gasteiger partial charge is 0.0651 e. The summed E-state index contributed by atoms with van der Waals surface area (Å²) in [7, 11) is 0. The van der Waals surface area contributed by atoms with E-state index in [0.29, 0.717) is 0 Å². The molecule has 0 saturated heterocycles. The van der Waals surface area contributed by atoms with Crippen molar-refractivity contribution in [3.8, 4) is 0 Å². The Kier molecular flexibility index (Phi) is 5.14. The van der Waals surface area contributed by atoms with E-state index in [2.05, 4.69) is 27.7 Å². The molecule has 1 aliphatic carbocycles. The van der Waals surface area contributed by atoms with Crippen LogP contribution in [0.25, 0.3) is 0 Å². The number of hydrogen-bond donors (Lipinski definition) is 0. The summed E-state index contributed by atoms with van der Waals surface area (Å²) in [6.07, 6.45) is 9.01.